The lowest BCUT2D eigenvalue weighted by Crippen LogP contribution is -2.05. The van der Waals surface area contributed by atoms with Crippen LogP contribution in [-0.4, -0.2) is 0 Å². The Kier molecular flexibility index (Phi) is 5.17. The van der Waals surface area contributed by atoms with Crippen molar-refractivity contribution >= 4 is 11.6 Å². The molecule has 0 heterocycles. The van der Waals surface area contributed by atoms with Crippen molar-refractivity contribution in [2.45, 2.75) is 39.0 Å². The van der Waals surface area contributed by atoms with E-state index in [2.05, 4.69) is 45.0 Å². The third kappa shape index (κ3) is 4.25. The summed E-state index contributed by atoms with van der Waals surface area (Å²) in [5.74, 6) is 1.32. The van der Waals surface area contributed by atoms with Gasteiger partial charge in [0.15, 0.2) is 0 Å². The lowest BCUT2D eigenvalue weighted by Gasteiger charge is -2.19. The Morgan fingerprint density at radius 1 is 1.00 bits per heavy atom. The predicted octanol–water partition coefficient (Wildman–Crippen LogP) is 5.04. The van der Waals surface area contributed by atoms with Crippen LogP contribution in [0.3, 0.4) is 0 Å². The molecule has 0 nitrogen and oxygen atoms in total. The van der Waals surface area contributed by atoms with E-state index in [4.69, 9.17) is 11.6 Å². The van der Waals surface area contributed by atoms with Crippen molar-refractivity contribution in [3.8, 4) is 0 Å². The van der Waals surface area contributed by atoms with E-state index < -0.39 is 0 Å². The Balaban J connectivity index is 2.49. The fraction of sp³-hybridized carbons (Fsp3) is 0.571. The summed E-state index contributed by atoms with van der Waals surface area (Å²) in [7, 11) is 0. The second-order valence-electron chi connectivity index (χ2n) is 4.76. The van der Waals surface area contributed by atoms with Gasteiger partial charge >= 0.3 is 0 Å². The van der Waals surface area contributed by atoms with E-state index >= 15 is 0 Å². The first kappa shape index (κ1) is 12.6. The topological polar surface area (TPSA) is 0 Å². The molecular weight excluding hydrogens is 204 g/mol. The van der Waals surface area contributed by atoms with Crippen LogP contribution in [0.2, 0.25) is 0 Å². The molecule has 2 atom stereocenters. The van der Waals surface area contributed by atoms with E-state index in [1.54, 1.807) is 0 Å². The molecule has 1 rings (SSSR count). The third-order valence-corrected chi connectivity index (χ3v) is 3.50. The summed E-state index contributed by atoms with van der Waals surface area (Å²) in [6.45, 7) is 6.77. The van der Waals surface area contributed by atoms with E-state index in [0.717, 1.165) is 5.92 Å². The number of hydrogen-bond acceptors (Lipinski definition) is 0. The minimum absolute atomic E-state index is 0.157. The molecule has 0 aliphatic carbocycles. The zero-order valence-corrected chi connectivity index (χ0v) is 10.7. The molecule has 0 amide bonds. The Labute approximate surface area is 98.7 Å². The first-order valence-corrected chi connectivity index (χ1v) is 6.24. The highest BCUT2D eigenvalue weighted by Gasteiger charge is 2.16. The minimum Gasteiger partial charge on any atom is -0.118 e. The zero-order valence-electron chi connectivity index (χ0n) is 9.91. The summed E-state index contributed by atoms with van der Waals surface area (Å²) in [4.78, 5) is 0. The van der Waals surface area contributed by atoms with E-state index in [0.29, 0.717) is 5.92 Å². The summed E-state index contributed by atoms with van der Waals surface area (Å²) < 4.78 is 0. The maximum absolute atomic E-state index is 6.44. The van der Waals surface area contributed by atoms with Crippen LogP contribution in [0.1, 0.15) is 44.6 Å². The average Bonchev–Trinajstić information content (AvgIpc) is 2.26. The van der Waals surface area contributed by atoms with Crippen LogP contribution < -0.4 is 0 Å². The normalized spacial score (nSPS) is 15.3. The molecule has 0 saturated carbocycles. The van der Waals surface area contributed by atoms with Gasteiger partial charge in [-0.05, 0) is 23.8 Å². The highest BCUT2D eigenvalue weighted by molar-refractivity contribution is 6.20. The fourth-order valence-corrected chi connectivity index (χ4v) is 1.98. The van der Waals surface area contributed by atoms with Gasteiger partial charge in [-0.25, -0.2) is 0 Å². The molecule has 1 aromatic carbocycles. The van der Waals surface area contributed by atoms with Crippen LogP contribution in [-0.2, 0) is 0 Å². The molecule has 0 aromatic heterocycles. The Morgan fingerprint density at radius 3 is 2.13 bits per heavy atom. The van der Waals surface area contributed by atoms with Crippen molar-refractivity contribution < 1.29 is 0 Å². The van der Waals surface area contributed by atoms with Crippen molar-refractivity contribution in [2.75, 3.05) is 0 Å². The molecule has 0 N–H and O–H groups in total. The van der Waals surface area contributed by atoms with Crippen molar-refractivity contribution in [1.82, 2.24) is 0 Å². The van der Waals surface area contributed by atoms with Crippen LogP contribution in [0.5, 0.6) is 0 Å². The number of halogens is 1. The molecule has 0 aliphatic rings. The van der Waals surface area contributed by atoms with E-state index in [-0.39, 0.29) is 5.38 Å². The summed E-state index contributed by atoms with van der Waals surface area (Å²) in [5, 5.41) is 0.157. The number of rotatable bonds is 5. The molecule has 0 radical (unpaired) electrons. The van der Waals surface area contributed by atoms with E-state index in [1.165, 1.54) is 18.4 Å². The molecule has 0 bridgehead atoms. The van der Waals surface area contributed by atoms with Gasteiger partial charge < -0.3 is 0 Å². The smallest absolute Gasteiger partial charge is 0.0610 e. The van der Waals surface area contributed by atoms with Crippen LogP contribution in [0.4, 0.5) is 0 Å². The predicted molar refractivity (Wildman–Crippen MR) is 68.3 cm³/mol. The van der Waals surface area contributed by atoms with Crippen molar-refractivity contribution in [3.05, 3.63) is 35.9 Å². The number of alkyl halides is 1. The maximum atomic E-state index is 6.44. The second-order valence-corrected chi connectivity index (χ2v) is 5.23. The van der Waals surface area contributed by atoms with E-state index in [1.807, 2.05) is 6.07 Å². The monoisotopic (exact) mass is 224 g/mol. The van der Waals surface area contributed by atoms with Crippen molar-refractivity contribution in [3.63, 3.8) is 0 Å². The van der Waals surface area contributed by atoms with Gasteiger partial charge in [-0.15, -0.1) is 11.6 Å². The lowest BCUT2D eigenvalue weighted by atomic mass is 9.93. The number of hydrogen-bond donors (Lipinski definition) is 0. The Bertz CT molecular complexity index is 266. The van der Waals surface area contributed by atoms with Crippen molar-refractivity contribution in [2.24, 2.45) is 11.8 Å². The highest BCUT2D eigenvalue weighted by atomic mass is 35.5. The first-order chi connectivity index (χ1) is 7.11. The van der Waals surface area contributed by atoms with E-state index in [9.17, 15) is 0 Å². The summed E-state index contributed by atoms with van der Waals surface area (Å²) >= 11 is 6.44. The third-order valence-electron chi connectivity index (χ3n) is 2.82. The molecule has 0 aliphatic heterocycles. The van der Waals surface area contributed by atoms with Crippen molar-refractivity contribution in [1.29, 1.82) is 0 Å². The zero-order chi connectivity index (χ0) is 11.3. The second kappa shape index (κ2) is 6.17. The molecule has 2 unspecified atom stereocenters. The van der Waals surface area contributed by atoms with Gasteiger partial charge in [-0.3, -0.25) is 0 Å². The summed E-state index contributed by atoms with van der Waals surface area (Å²) in [5.41, 5.74) is 1.25. The van der Waals surface area contributed by atoms with Gasteiger partial charge in [0, 0.05) is 0 Å². The van der Waals surface area contributed by atoms with Gasteiger partial charge in [0.2, 0.25) is 0 Å². The SMILES string of the molecule is CC(C)CCC(C)C(Cl)c1ccccc1. The standard InChI is InChI=1S/C14H21Cl/c1-11(2)9-10-12(3)14(15)13-7-5-4-6-8-13/h4-8,11-12,14H,9-10H2,1-3H3. The molecule has 84 valence electrons. The highest BCUT2D eigenvalue weighted by Crippen LogP contribution is 2.32. The number of benzene rings is 1. The summed E-state index contributed by atoms with van der Waals surface area (Å²) in [6.07, 6.45) is 2.47. The molecule has 15 heavy (non-hydrogen) atoms. The Hall–Kier alpha value is -0.490. The van der Waals surface area contributed by atoms with Gasteiger partial charge in [-0.1, -0.05) is 57.5 Å². The molecular formula is C14H21Cl. The average molecular weight is 225 g/mol. The molecule has 1 aromatic rings. The largest absolute Gasteiger partial charge is 0.118 e. The quantitative estimate of drug-likeness (QED) is 0.615. The first-order valence-electron chi connectivity index (χ1n) is 5.80. The molecule has 0 fully saturated rings. The lowest BCUT2D eigenvalue weighted by molar-refractivity contribution is 0.440. The van der Waals surface area contributed by atoms with Gasteiger partial charge in [0.05, 0.1) is 5.38 Å². The van der Waals surface area contributed by atoms with Crippen LogP contribution >= 0.6 is 11.6 Å². The van der Waals surface area contributed by atoms with Gasteiger partial charge in [-0.2, -0.15) is 0 Å². The van der Waals surface area contributed by atoms with Crippen LogP contribution in [0.25, 0.3) is 0 Å². The minimum atomic E-state index is 0.157. The Morgan fingerprint density at radius 2 is 1.60 bits per heavy atom. The molecule has 0 spiro atoms. The van der Waals surface area contributed by atoms with Gasteiger partial charge in [0.1, 0.15) is 0 Å². The summed E-state index contributed by atoms with van der Waals surface area (Å²) in [6, 6.07) is 10.4. The molecule has 1 heteroatoms. The molecule has 0 saturated heterocycles. The fourth-order valence-electron chi connectivity index (χ4n) is 1.71. The van der Waals surface area contributed by atoms with Crippen LogP contribution in [0, 0.1) is 11.8 Å². The van der Waals surface area contributed by atoms with Gasteiger partial charge in [0.25, 0.3) is 0 Å². The maximum Gasteiger partial charge on any atom is 0.0610 e. The van der Waals surface area contributed by atoms with Crippen LogP contribution in [0.15, 0.2) is 30.3 Å².